The van der Waals surface area contributed by atoms with Gasteiger partial charge in [-0.25, -0.2) is 8.78 Å². The summed E-state index contributed by atoms with van der Waals surface area (Å²) in [5.41, 5.74) is 7.06. The van der Waals surface area contributed by atoms with E-state index in [1.165, 1.54) is 0 Å². The van der Waals surface area contributed by atoms with E-state index in [2.05, 4.69) is 0 Å². The van der Waals surface area contributed by atoms with E-state index in [1.54, 1.807) is 0 Å². The van der Waals surface area contributed by atoms with E-state index >= 15 is 0 Å². The second-order valence-corrected chi connectivity index (χ2v) is 5.01. The topological polar surface area (TPSA) is 43.1 Å². The van der Waals surface area contributed by atoms with Gasteiger partial charge >= 0.3 is 0 Å². The van der Waals surface area contributed by atoms with E-state index in [-0.39, 0.29) is 30.2 Å². The first-order valence-corrected chi connectivity index (χ1v) is 6.82. The van der Waals surface area contributed by atoms with E-state index in [1.807, 2.05) is 30.3 Å². The molecular weight excluding hydrogens is 272 g/mol. The fraction of sp³-hybridized carbons (Fsp3) is 0.235. The number of halogens is 2. The van der Waals surface area contributed by atoms with E-state index in [4.69, 9.17) is 5.73 Å². The minimum absolute atomic E-state index is 0.0910. The van der Waals surface area contributed by atoms with Crippen molar-refractivity contribution in [1.82, 2.24) is 0 Å². The SMILES string of the molecule is NC(CCC(=O)Cc1cc(F)ccc1F)c1ccccc1. The third-order valence-corrected chi connectivity index (χ3v) is 3.36. The van der Waals surface area contributed by atoms with Crippen LogP contribution >= 0.6 is 0 Å². The van der Waals surface area contributed by atoms with Crippen LogP contribution in [0.3, 0.4) is 0 Å². The van der Waals surface area contributed by atoms with Gasteiger partial charge in [0.05, 0.1) is 0 Å². The Morgan fingerprint density at radius 2 is 1.81 bits per heavy atom. The largest absolute Gasteiger partial charge is 0.324 e. The maximum absolute atomic E-state index is 13.5. The Hall–Kier alpha value is -2.07. The number of nitrogens with two attached hydrogens (primary N) is 1. The van der Waals surface area contributed by atoms with Gasteiger partial charge in [0.25, 0.3) is 0 Å². The molecule has 0 spiro atoms. The van der Waals surface area contributed by atoms with E-state index in [0.29, 0.717) is 6.42 Å². The summed E-state index contributed by atoms with van der Waals surface area (Å²) in [7, 11) is 0. The normalized spacial score (nSPS) is 12.1. The first-order chi connectivity index (χ1) is 10.1. The average Bonchev–Trinajstić information content (AvgIpc) is 2.49. The highest BCUT2D eigenvalue weighted by atomic mass is 19.1. The summed E-state index contributed by atoms with van der Waals surface area (Å²) in [6.45, 7) is 0. The molecule has 2 rings (SSSR count). The summed E-state index contributed by atoms with van der Waals surface area (Å²) >= 11 is 0. The van der Waals surface area contributed by atoms with Crippen molar-refractivity contribution in [2.75, 3.05) is 0 Å². The lowest BCUT2D eigenvalue weighted by Gasteiger charge is -2.11. The van der Waals surface area contributed by atoms with Crippen molar-refractivity contribution in [2.45, 2.75) is 25.3 Å². The summed E-state index contributed by atoms with van der Waals surface area (Å²) in [5.74, 6) is -1.25. The zero-order valence-electron chi connectivity index (χ0n) is 11.6. The van der Waals surface area contributed by atoms with Gasteiger partial charge in [-0.05, 0) is 35.7 Å². The molecule has 0 radical (unpaired) electrons. The minimum Gasteiger partial charge on any atom is -0.324 e. The summed E-state index contributed by atoms with van der Waals surface area (Å²) in [6, 6.07) is 12.4. The molecule has 0 bridgehead atoms. The van der Waals surface area contributed by atoms with Crippen LogP contribution in [0.5, 0.6) is 0 Å². The molecule has 0 amide bonds. The zero-order chi connectivity index (χ0) is 15.2. The number of hydrogen-bond donors (Lipinski definition) is 1. The van der Waals surface area contributed by atoms with Crippen LogP contribution < -0.4 is 5.73 Å². The number of ketones is 1. The van der Waals surface area contributed by atoms with E-state index in [0.717, 1.165) is 23.8 Å². The van der Waals surface area contributed by atoms with Crippen LogP contribution in [0.2, 0.25) is 0 Å². The Labute approximate surface area is 122 Å². The number of carbonyl (C=O) groups excluding carboxylic acids is 1. The molecule has 0 aromatic heterocycles. The van der Waals surface area contributed by atoms with Crippen LogP contribution in [0.15, 0.2) is 48.5 Å². The maximum Gasteiger partial charge on any atom is 0.137 e. The Kier molecular flexibility index (Phi) is 5.17. The number of hydrogen-bond acceptors (Lipinski definition) is 2. The lowest BCUT2D eigenvalue weighted by atomic mass is 9.99. The molecular formula is C17H17F2NO. The van der Waals surface area contributed by atoms with Crippen LogP contribution in [-0.2, 0) is 11.2 Å². The molecule has 0 heterocycles. The summed E-state index contributed by atoms with van der Waals surface area (Å²) in [6.07, 6.45) is 0.622. The predicted octanol–water partition coefficient (Wildman–Crippen LogP) is 3.56. The molecule has 1 atom stereocenters. The van der Waals surface area contributed by atoms with Gasteiger partial charge in [-0.3, -0.25) is 4.79 Å². The Morgan fingerprint density at radius 3 is 2.52 bits per heavy atom. The number of benzene rings is 2. The lowest BCUT2D eigenvalue weighted by molar-refractivity contribution is -0.118. The van der Waals surface area contributed by atoms with Crippen molar-refractivity contribution < 1.29 is 13.6 Å². The average molecular weight is 289 g/mol. The molecule has 0 saturated carbocycles. The van der Waals surface area contributed by atoms with E-state index in [9.17, 15) is 13.6 Å². The van der Waals surface area contributed by atoms with Crippen molar-refractivity contribution in [1.29, 1.82) is 0 Å². The van der Waals surface area contributed by atoms with Gasteiger partial charge in [-0.15, -0.1) is 0 Å². The Bertz CT molecular complexity index is 613. The third kappa shape index (κ3) is 4.46. The monoisotopic (exact) mass is 289 g/mol. The molecule has 21 heavy (non-hydrogen) atoms. The van der Waals surface area contributed by atoms with Gasteiger partial charge < -0.3 is 5.73 Å². The molecule has 0 aliphatic heterocycles. The minimum atomic E-state index is -0.558. The van der Waals surface area contributed by atoms with Gasteiger partial charge in [0.2, 0.25) is 0 Å². The molecule has 2 aromatic rings. The third-order valence-electron chi connectivity index (χ3n) is 3.36. The molecule has 2 aromatic carbocycles. The fourth-order valence-electron chi connectivity index (χ4n) is 2.16. The van der Waals surface area contributed by atoms with Gasteiger partial charge in [0.1, 0.15) is 17.4 Å². The van der Waals surface area contributed by atoms with E-state index < -0.39 is 11.6 Å². The molecule has 2 N–H and O–H groups in total. The molecule has 110 valence electrons. The van der Waals surface area contributed by atoms with Gasteiger partial charge in [0.15, 0.2) is 0 Å². The van der Waals surface area contributed by atoms with Gasteiger partial charge in [-0.2, -0.15) is 0 Å². The Balaban J connectivity index is 1.89. The molecule has 0 fully saturated rings. The van der Waals surface area contributed by atoms with Gasteiger partial charge in [-0.1, -0.05) is 30.3 Å². The highest BCUT2D eigenvalue weighted by molar-refractivity contribution is 5.80. The van der Waals surface area contributed by atoms with Crippen LogP contribution in [0.25, 0.3) is 0 Å². The second kappa shape index (κ2) is 7.09. The van der Waals surface area contributed by atoms with Crippen molar-refractivity contribution in [3.05, 3.63) is 71.3 Å². The highest BCUT2D eigenvalue weighted by Crippen LogP contribution is 2.17. The van der Waals surface area contributed by atoms with Crippen LogP contribution in [0, 0.1) is 11.6 Å². The van der Waals surface area contributed by atoms with Crippen LogP contribution in [0.1, 0.15) is 30.0 Å². The molecule has 1 unspecified atom stereocenters. The summed E-state index contributed by atoms with van der Waals surface area (Å²) in [4.78, 5) is 11.9. The molecule has 0 aliphatic carbocycles. The van der Waals surface area contributed by atoms with Crippen molar-refractivity contribution in [2.24, 2.45) is 5.73 Å². The van der Waals surface area contributed by atoms with Gasteiger partial charge in [0, 0.05) is 18.9 Å². The van der Waals surface area contributed by atoms with Crippen LogP contribution in [-0.4, -0.2) is 5.78 Å². The zero-order valence-corrected chi connectivity index (χ0v) is 11.6. The lowest BCUT2D eigenvalue weighted by Crippen LogP contribution is -2.13. The fourth-order valence-corrected chi connectivity index (χ4v) is 2.16. The second-order valence-electron chi connectivity index (χ2n) is 5.01. The number of rotatable bonds is 6. The smallest absolute Gasteiger partial charge is 0.137 e. The molecule has 2 nitrogen and oxygen atoms in total. The first-order valence-electron chi connectivity index (χ1n) is 6.82. The Morgan fingerprint density at radius 1 is 1.10 bits per heavy atom. The number of Topliss-reactive ketones (excluding diaryl/α,β-unsaturated/α-hetero) is 1. The first kappa shape index (κ1) is 15.3. The predicted molar refractivity (Wildman–Crippen MR) is 77.7 cm³/mol. The molecule has 0 aliphatic rings. The standard InChI is InChI=1S/C17H17F2NO/c18-14-6-8-16(19)13(10-14)11-15(21)7-9-17(20)12-4-2-1-3-5-12/h1-6,8,10,17H,7,9,11,20H2. The van der Waals surface area contributed by atoms with Crippen molar-refractivity contribution >= 4 is 5.78 Å². The molecule has 0 saturated heterocycles. The highest BCUT2D eigenvalue weighted by Gasteiger charge is 2.12. The summed E-state index contributed by atoms with van der Waals surface area (Å²) < 4.78 is 26.5. The van der Waals surface area contributed by atoms with Crippen LogP contribution in [0.4, 0.5) is 8.78 Å². The quantitative estimate of drug-likeness (QED) is 0.883. The van der Waals surface area contributed by atoms with Crippen molar-refractivity contribution in [3.63, 3.8) is 0 Å². The number of carbonyl (C=O) groups is 1. The summed E-state index contributed by atoms with van der Waals surface area (Å²) in [5, 5.41) is 0. The van der Waals surface area contributed by atoms with Crippen molar-refractivity contribution in [3.8, 4) is 0 Å². The maximum atomic E-state index is 13.5. The molecule has 4 heteroatoms.